The summed E-state index contributed by atoms with van der Waals surface area (Å²) in [5.41, 5.74) is 2.36. The van der Waals surface area contributed by atoms with E-state index in [0.717, 1.165) is 18.4 Å². The molecule has 142 valence electrons. The molecular formula is C23H28N2O2. The van der Waals surface area contributed by atoms with E-state index in [1.807, 2.05) is 50.2 Å². The first-order chi connectivity index (χ1) is 13.0. The van der Waals surface area contributed by atoms with Crippen LogP contribution in [0.4, 0.5) is 0 Å². The van der Waals surface area contributed by atoms with Gasteiger partial charge in [-0.05, 0) is 37.8 Å². The summed E-state index contributed by atoms with van der Waals surface area (Å²) >= 11 is 0. The number of carbonyl (C=O) groups excluding carboxylic acids is 2. The van der Waals surface area contributed by atoms with Crippen molar-refractivity contribution in [1.29, 1.82) is 0 Å². The monoisotopic (exact) mass is 364 g/mol. The van der Waals surface area contributed by atoms with E-state index in [-0.39, 0.29) is 29.8 Å². The lowest BCUT2D eigenvalue weighted by Crippen LogP contribution is -2.37. The number of nitrogens with zero attached hydrogens (tertiary/aromatic N) is 1. The van der Waals surface area contributed by atoms with Gasteiger partial charge in [0.2, 0.25) is 11.8 Å². The molecule has 0 saturated carbocycles. The fraction of sp³-hybridized carbons (Fsp3) is 0.391. The maximum atomic E-state index is 12.9. The average molecular weight is 364 g/mol. The summed E-state index contributed by atoms with van der Waals surface area (Å²) in [6.45, 7) is 4.50. The topological polar surface area (TPSA) is 49.4 Å². The van der Waals surface area contributed by atoms with Crippen molar-refractivity contribution in [2.75, 3.05) is 6.54 Å². The maximum Gasteiger partial charge on any atom is 0.225 e. The fourth-order valence-electron chi connectivity index (χ4n) is 3.66. The highest BCUT2D eigenvalue weighted by molar-refractivity contribution is 5.89. The molecule has 0 aromatic heterocycles. The van der Waals surface area contributed by atoms with Crippen LogP contribution in [0.1, 0.15) is 43.9 Å². The van der Waals surface area contributed by atoms with E-state index < -0.39 is 0 Å². The molecule has 2 aromatic carbocycles. The second-order valence-electron chi connectivity index (χ2n) is 7.54. The van der Waals surface area contributed by atoms with Gasteiger partial charge in [-0.25, -0.2) is 0 Å². The molecule has 2 unspecified atom stereocenters. The molecule has 4 nitrogen and oxygen atoms in total. The third kappa shape index (κ3) is 4.97. The molecule has 1 heterocycles. The molecule has 1 fully saturated rings. The van der Waals surface area contributed by atoms with Crippen molar-refractivity contribution in [1.82, 2.24) is 10.2 Å². The third-order valence-electron chi connectivity index (χ3n) is 5.24. The van der Waals surface area contributed by atoms with Gasteiger partial charge >= 0.3 is 0 Å². The van der Waals surface area contributed by atoms with E-state index in [0.29, 0.717) is 13.0 Å². The van der Waals surface area contributed by atoms with Gasteiger partial charge in [-0.1, -0.05) is 60.7 Å². The zero-order chi connectivity index (χ0) is 19.2. The summed E-state index contributed by atoms with van der Waals surface area (Å²) in [5.74, 6) is -0.207. The molecule has 1 aliphatic rings. The van der Waals surface area contributed by atoms with Gasteiger partial charge < -0.3 is 10.2 Å². The van der Waals surface area contributed by atoms with Crippen molar-refractivity contribution in [3.8, 4) is 0 Å². The molecule has 2 amide bonds. The maximum absolute atomic E-state index is 12.9. The standard InChI is InChI=1S/C23H28N2O2/c1-17(2)25-16-20(15-22(25)26)23(27)24-21(19-11-7-4-8-12-19)14-13-18-9-5-3-6-10-18/h3-12,17,20-21H,13-16H2,1-2H3,(H,24,27). The summed E-state index contributed by atoms with van der Waals surface area (Å²) in [6.07, 6.45) is 2.03. The van der Waals surface area contributed by atoms with Gasteiger partial charge in [0.15, 0.2) is 0 Å². The normalized spacial score (nSPS) is 18.0. The van der Waals surface area contributed by atoms with Crippen LogP contribution < -0.4 is 5.32 Å². The minimum Gasteiger partial charge on any atom is -0.349 e. The predicted molar refractivity (Wildman–Crippen MR) is 107 cm³/mol. The highest BCUT2D eigenvalue weighted by Gasteiger charge is 2.36. The lowest BCUT2D eigenvalue weighted by Gasteiger charge is -2.23. The van der Waals surface area contributed by atoms with Crippen LogP contribution in [0.15, 0.2) is 60.7 Å². The molecule has 0 radical (unpaired) electrons. The molecule has 1 N–H and O–H groups in total. The number of amides is 2. The Morgan fingerprint density at radius 2 is 1.70 bits per heavy atom. The Hall–Kier alpha value is -2.62. The van der Waals surface area contributed by atoms with Gasteiger partial charge in [-0.15, -0.1) is 0 Å². The number of nitrogens with one attached hydrogen (secondary N) is 1. The molecule has 27 heavy (non-hydrogen) atoms. The van der Waals surface area contributed by atoms with Crippen molar-refractivity contribution in [2.24, 2.45) is 5.92 Å². The van der Waals surface area contributed by atoms with Gasteiger partial charge in [-0.2, -0.15) is 0 Å². The molecule has 0 spiro atoms. The number of benzene rings is 2. The minimum atomic E-state index is -0.261. The van der Waals surface area contributed by atoms with Crippen molar-refractivity contribution >= 4 is 11.8 Å². The number of carbonyl (C=O) groups is 2. The number of rotatable bonds is 7. The second-order valence-corrected chi connectivity index (χ2v) is 7.54. The summed E-state index contributed by atoms with van der Waals surface area (Å²) < 4.78 is 0. The molecule has 0 bridgehead atoms. The largest absolute Gasteiger partial charge is 0.349 e. The molecule has 2 atom stereocenters. The van der Waals surface area contributed by atoms with E-state index in [1.165, 1.54) is 5.56 Å². The van der Waals surface area contributed by atoms with E-state index in [9.17, 15) is 9.59 Å². The SMILES string of the molecule is CC(C)N1CC(C(=O)NC(CCc2ccccc2)c2ccccc2)CC1=O. The van der Waals surface area contributed by atoms with Crippen LogP contribution >= 0.6 is 0 Å². The first kappa shape index (κ1) is 19.2. The first-order valence-corrected chi connectivity index (χ1v) is 9.73. The highest BCUT2D eigenvalue weighted by Crippen LogP contribution is 2.24. The minimum absolute atomic E-state index is 0.0200. The van der Waals surface area contributed by atoms with Crippen molar-refractivity contribution in [2.45, 2.75) is 45.2 Å². The van der Waals surface area contributed by atoms with Gasteiger partial charge in [-0.3, -0.25) is 9.59 Å². The molecular weight excluding hydrogens is 336 g/mol. The fourth-order valence-corrected chi connectivity index (χ4v) is 3.66. The number of likely N-dealkylation sites (tertiary alicyclic amines) is 1. The number of aryl methyl sites for hydroxylation is 1. The van der Waals surface area contributed by atoms with E-state index in [4.69, 9.17) is 0 Å². The molecule has 2 aromatic rings. The number of hydrogen-bond donors (Lipinski definition) is 1. The summed E-state index contributed by atoms with van der Waals surface area (Å²) in [6, 6.07) is 20.5. The Kier molecular flexibility index (Phi) is 6.28. The number of hydrogen-bond acceptors (Lipinski definition) is 2. The van der Waals surface area contributed by atoms with Crippen molar-refractivity contribution in [3.63, 3.8) is 0 Å². The lowest BCUT2D eigenvalue weighted by molar-refractivity contribution is -0.130. The van der Waals surface area contributed by atoms with E-state index >= 15 is 0 Å². The van der Waals surface area contributed by atoms with Crippen LogP contribution in [0, 0.1) is 5.92 Å². The molecule has 1 saturated heterocycles. The van der Waals surface area contributed by atoms with E-state index in [2.05, 4.69) is 29.6 Å². The van der Waals surface area contributed by atoms with Crippen LogP contribution in [0.5, 0.6) is 0 Å². The Morgan fingerprint density at radius 3 is 2.30 bits per heavy atom. The summed E-state index contributed by atoms with van der Waals surface area (Å²) in [4.78, 5) is 26.8. The molecule has 1 aliphatic heterocycles. The van der Waals surface area contributed by atoms with Crippen molar-refractivity contribution in [3.05, 3.63) is 71.8 Å². The molecule has 0 aliphatic carbocycles. The third-order valence-corrected chi connectivity index (χ3v) is 5.24. The lowest BCUT2D eigenvalue weighted by atomic mass is 9.97. The van der Waals surface area contributed by atoms with Crippen LogP contribution in [0.3, 0.4) is 0 Å². The average Bonchev–Trinajstić information content (AvgIpc) is 3.08. The van der Waals surface area contributed by atoms with Crippen LogP contribution in [-0.2, 0) is 16.0 Å². The zero-order valence-electron chi connectivity index (χ0n) is 16.1. The van der Waals surface area contributed by atoms with Gasteiger partial charge in [0.05, 0.1) is 12.0 Å². The van der Waals surface area contributed by atoms with Gasteiger partial charge in [0, 0.05) is 19.0 Å². The summed E-state index contributed by atoms with van der Waals surface area (Å²) in [7, 11) is 0. The van der Waals surface area contributed by atoms with Crippen LogP contribution in [0.25, 0.3) is 0 Å². The Balaban J connectivity index is 1.68. The molecule has 4 heteroatoms. The predicted octanol–water partition coefficient (Wildman–Crippen LogP) is 3.73. The molecule has 3 rings (SSSR count). The van der Waals surface area contributed by atoms with Crippen LogP contribution in [-0.4, -0.2) is 29.3 Å². The van der Waals surface area contributed by atoms with Crippen LogP contribution in [0.2, 0.25) is 0 Å². The Morgan fingerprint density at radius 1 is 1.07 bits per heavy atom. The Labute approximate surface area is 161 Å². The Bertz CT molecular complexity index is 758. The quantitative estimate of drug-likeness (QED) is 0.814. The zero-order valence-corrected chi connectivity index (χ0v) is 16.1. The van der Waals surface area contributed by atoms with Gasteiger partial charge in [0.1, 0.15) is 0 Å². The first-order valence-electron chi connectivity index (χ1n) is 9.73. The van der Waals surface area contributed by atoms with Gasteiger partial charge in [0.25, 0.3) is 0 Å². The smallest absolute Gasteiger partial charge is 0.225 e. The van der Waals surface area contributed by atoms with E-state index in [1.54, 1.807) is 4.90 Å². The second kappa shape index (κ2) is 8.85. The van der Waals surface area contributed by atoms with Crippen molar-refractivity contribution < 1.29 is 9.59 Å². The summed E-state index contributed by atoms with van der Waals surface area (Å²) in [5, 5.41) is 3.21. The highest BCUT2D eigenvalue weighted by atomic mass is 16.2.